The summed E-state index contributed by atoms with van der Waals surface area (Å²) < 4.78 is 0. The Labute approximate surface area is 121 Å². The molecule has 0 amide bonds. The van der Waals surface area contributed by atoms with E-state index in [0.29, 0.717) is 0 Å². The van der Waals surface area contributed by atoms with Gasteiger partial charge in [-0.05, 0) is 35.9 Å². The zero-order chi connectivity index (χ0) is 14.4. The van der Waals surface area contributed by atoms with E-state index in [1.807, 2.05) is 18.5 Å². The molecule has 0 saturated heterocycles. The fourth-order valence-electron chi connectivity index (χ4n) is 2.49. The van der Waals surface area contributed by atoms with Crippen LogP contribution in [0.2, 0.25) is 0 Å². The lowest BCUT2D eigenvalue weighted by Gasteiger charge is -2.29. The summed E-state index contributed by atoms with van der Waals surface area (Å²) in [5, 5.41) is 15.4. The molecule has 0 bridgehead atoms. The molecule has 1 heterocycles. The van der Waals surface area contributed by atoms with E-state index in [1.54, 1.807) is 0 Å². The van der Waals surface area contributed by atoms with Crippen LogP contribution < -0.4 is 5.32 Å². The van der Waals surface area contributed by atoms with Gasteiger partial charge in [-0.25, -0.2) is 0 Å². The average molecular weight is 272 g/mol. The summed E-state index contributed by atoms with van der Waals surface area (Å²) in [6.07, 6.45) is 5.70. The summed E-state index contributed by atoms with van der Waals surface area (Å²) in [7, 11) is 0. The standard InChI is InChI=1S/C17H24N2O/c1-3-17(4-2,13-20)12-19-10-14-5-6-16-11-18-8-7-15(16)9-14/h5-9,11,19-20H,3-4,10,12-13H2,1-2H3. The number of pyridine rings is 1. The lowest BCUT2D eigenvalue weighted by atomic mass is 9.83. The van der Waals surface area contributed by atoms with Crippen LogP contribution in [0.15, 0.2) is 36.7 Å². The number of aromatic nitrogens is 1. The molecular formula is C17H24N2O. The summed E-state index contributed by atoms with van der Waals surface area (Å²) in [4.78, 5) is 4.13. The molecule has 3 nitrogen and oxygen atoms in total. The second-order valence-corrected chi connectivity index (χ2v) is 5.53. The van der Waals surface area contributed by atoms with Crippen molar-refractivity contribution >= 4 is 10.8 Å². The van der Waals surface area contributed by atoms with E-state index in [0.717, 1.165) is 25.9 Å². The number of fused-ring (bicyclic) bond motifs is 1. The van der Waals surface area contributed by atoms with Crippen molar-refractivity contribution in [3.05, 3.63) is 42.2 Å². The van der Waals surface area contributed by atoms with Gasteiger partial charge in [0.15, 0.2) is 0 Å². The predicted octanol–water partition coefficient (Wildman–Crippen LogP) is 3.12. The van der Waals surface area contributed by atoms with Crippen LogP contribution in [-0.4, -0.2) is 23.2 Å². The van der Waals surface area contributed by atoms with Crippen molar-refractivity contribution in [3.8, 4) is 0 Å². The SMILES string of the molecule is CCC(CC)(CO)CNCc1ccc2cnccc2c1. The number of hydrogen-bond acceptors (Lipinski definition) is 3. The Balaban J connectivity index is 1.99. The van der Waals surface area contributed by atoms with Crippen LogP contribution in [0.3, 0.4) is 0 Å². The molecule has 2 N–H and O–H groups in total. The molecule has 0 atom stereocenters. The van der Waals surface area contributed by atoms with E-state index in [9.17, 15) is 5.11 Å². The number of aliphatic hydroxyl groups is 1. The van der Waals surface area contributed by atoms with Crippen molar-refractivity contribution in [2.75, 3.05) is 13.2 Å². The van der Waals surface area contributed by atoms with Gasteiger partial charge in [-0.2, -0.15) is 0 Å². The number of nitrogens with one attached hydrogen (secondary N) is 1. The van der Waals surface area contributed by atoms with Crippen molar-refractivity contribution in [2.45, 2.75) is 33.2 Å². The predicted molar refractivity (Wildman–Crippen MR) is 83.6 cm³/mol. The minimum atomic E-state index is 0.0147. The maximum Gasteiger partial charge on any atom is 0.0499 e. The van der Waals surface area contributed by atoms with Crippen LogP contribution in [0.25, 0.3) is 10.8 Å². The molecule has 108 valence electrons. The van der Waals surface area contributed by atoms with E-state index >= 15 is 0 Å². The molecule has 0 spiro atoms. The van der Waals surface area contributed by atoms with Gasteiger partial charge in [-0.3, -0.25) is 4.98 Å². The van der Waals surface area contributed by atoms with Gasteiger partial charge in [-0.15, -0.1) is 0 Å². The zero-order valence-corrected chi connectivity index (χ0v) is 12.4. The third-order valence-corrected chi connectivity index (χ3v) is 4.37. The Morgan fingerprint density at radius 1 is 1.15 bits per heavy atom. The van der Waals surface area contributed by atoms with Crippen LogP contribution in [0.1, 0.15) is 32.3 Å². The van der Waals surface area contributed by atoms with Crippen molar-refractivity contribution in [3.63, 3.8) is 0 Å². The van der Waals surface area contributed by atoms with Crippen LogP contribution in [0.5, 0.6) is 0 Å². The minimum absolute atomic E-state index is 0.0147. The molecule has 0 aliphatic heterocycles. The van der Waals surface area contributed by atoms with Gasteiger partial charge in [0.05, 0.1) is 0 Å². The van der Waals surface area contributed by atoms with E-state index in [4.69, 9.17) is 0 Å². The van der Waals surface area contributed by atoms with Crippen LogP contribution in [-0.2, 0) is 6.54 Å². The fraction of sp³-hybridized carbons (Fsp3) is 0.471. The van der Waals surface area contributed by atoms with Crippen LogP contribution >= 0.6 is 0 Å². The first-order valence-electron chi connectivity index (χ1n) is 7.37. The molecular weight excluding hydrogens is 248 g/mol. The molecule has 0 radical (unpaired) electrons. The van der Waals surface area contributed by atoms with Gasteiger partial charge in [0.1, 0.15) is 0 Å². The highest BCUT2D eigenvalue weighted by Crippen LogP contribution is 2.24. The third-order valence-electron chi connectivity index (χ3n) is 4.37. The maximum atomic E-state index is 9.57. The molecule has 0 unspecified atom stereocenters. The second kappa shape index (κ2) is 6.82. The summed E-state index contributed by atoms with van der Waals surface area (Å²) in [5.74, 6) is 0. The lowest BCUT2D eigenvalue weighted by molar-refractivity contribution is 0.113. The molecule has 0 aliphatic rings. The monoisotopic (exact) mass is 272 g/mol. The molecule has 0 aliphatic carbocycles. The number of aliphatic hydroxyl groups excluding tert-OH is 1. The first kappa shape index (κ1) is 14.9. The number of benzene rings is 1. The smallest absolute Gasteiger partial charge is 0.0499 e. The Morgan fingerprint density at radius 3 is 2.65 bits per heavy atom. The highest BCUT2D eigenvalue weighted by atomic mass is 16.3. The fourth-order valence-corrected chi connectivity index (χ4v) is 2.49. The van der Waals surface area contributed by atoms with Crippen LogP contribution in [0, 0.1) is 5.41 Å². The molecule has 0 fully saturated rings. The number of hydrogen-bond donors (Lipinski definition) is 2. The number of nitrogens with zero attached hydrogens (tertiary/aromatic N) is 1. The molecule has 1 aromatic carbocycles. The van der Waals surface area contributed by atoms with Crippen molar-refractivity contribution in [1.29, 1.82) is 0 Å². The van der Waals surface area contributed by atoms with Gasteiger partial charge in [0.25, 0.3) is 0 Å². The van der Waals surface area contributed by atoms with E-state index < -0.39 is 0 Å². The van der Waals surface area contributed by atoms with Gasteiger partial charge < -0.3 is 10.4 Å². The first-order valence-corrected chi connectivity index (χ1v) is 7.37. The first-order chi connectivity index (χ1) is 9.73. The van der Waals surface area contributed by atoms with E-state index in [-0.39, 0.29) is 12.0 Å². The van der Waals surface area contributed by atoms with E-state index in [1.165, 1.54) is 16.3 Å². The average Bonchev–Trinajstić information content (AvgIpc) is 2.52. The number of rotatable bonds is 7. The maximum absolute atomic E-state index is 9.57. The largest absolute Gasteiger partial charge is 0.396 e. The minimum Gasteiger partial charge on any atom is -0.396 e. The second-order valence-electron chi connectivity index (χ2n) is 5.53. The lowest BCUT2D eigenvalue weighted by Crippen LogP contribution is -2.36. The van der Waals surface area contributed by atoms with Gasteiger partial charge in [-0.1, -0.05) is 26.0 Å². The quantitative estimate of drug-likeness (QED) is 0.814. The summed E-state index contributed by atoms with van der Waals surface area (Å²) in [6, 6.07) is 8.48. The Hall–Kier alpha value is -1.45. The molecule has 2 aromatic rings. The van der Waals surface area contributed by atoms with Gasteiger partial charge in [0.2, 0.25) is 0 Å². The molecule has 0 saturated carbocycles. The summed E-state index contributed by atoms with van der Waals surface area (Å²) in [6.45, 7) is 6.22. The Morgan fingerprint density at radius 2 is 1.95 bits per heavy atom. The molecule has 2 rings (SSSR count). The topological polar surface area (TPSA) is 45.1 Å². The van der Waals surface area contributed by atoms with Crippen LogP contribution in [0.4, 0.5) is 0 Å². The highest BCUT2D eigenvalue weighted by Gasteiger charge is 2.24. The van der Waals surface area contributed by atoms with Gasteiger partial charge >= 0.3 is 0 Å². The summed E-state index contributed by atoms with van der Waals surface area (Å²) >= 11 is 0. The Bertz CT molecular complexity index is 541. The normalized spacial score (nSPS) is 11.9. The zero-order valence-electron chi connectivity index (χ0n) is 12.4. The van der Waals surface area contributed by atoms with E-state index in [2.05, 4.69) is 42.3 Å². The third kappa shape index (κ3) is 3.35. The molecule has 20 heavy (non-hydrogen) atoms. The van der Waals surface area contributed by atoms with Gasteiger partial charge in [0, 0.05) is 42.9 Å². The molecule has 1 aromatic heterocycles. The molecule has 3 heteroatoms. The van der Waals surface area contributed by atoms with Crippen molar-refractivity contribution in [2.24, 2.45) is 5.41 Å². The van der Waals surface area contributed by atoms with Crippen molar-refractivity contribution < 1.29 is 5.11 Å². The highest BCUT2D eigenvalue weighted by molar-refractivity contribution is 5.81. The van der Waals surface area contributed by atoms with Crippen molar-refractivity contribution in [1.82, 2.24) is 10.3 Å². The summed E-state index contributed by atoms with van der Waals surface area (Å²) in [5.41, 5.74) is 1.28. The Kier molecular flexibility index (Phi) is 5.10.